The lowest BCUT2D eigenvalue weighted by atomic mass is 10.1. The second kappa shape index (κ2) is 10.3. The first-order valence-electron chi connectivity index (χ1n) is 11.9. The third-order valence-corrected chi connectivity index (χ3v) is 5.56. The molecule has 36 heavy (non-hydrogen) atoms. The summed E-state index contributed by atoms with van der Waals surface area (Å²) in [6, 6.07) is 8.10. The van der Waals surface area contributed by atoms with Crippen molar-refractivity contribution < 1.29 is 18.7 Å². The number of pyridine rings is 1. The number of benzene rings is 1. The number of aromatic nitrogens is 3. The molecule has 1 fully saturated rings. The molecule has 10 heteroatoms. The molecule has 1 aliphatic rings. The molecule has 3 aromatic rings. The van der Waals surface area contributed by atoms with Gasteiger partial charge in [0.15, 0.2) is 11.6 Å². The highest BCUT2D eigenvalue weighted by molar-refractivity contribution is 5.68. The van der Waals surface area contributed by atoms with E-state index in [0.717, 1.165) is 12.8 Å². The third kappa shape index (κ3) is 6.18. The molecule has 0 radical (unpaired) electrons. The van der Waals surface area contributed by atoms with Gasteiger partial charge in [0.05, 0.1) is 11.3 Å². The van der Waals surface area contributed by atoms with Crippen LogP contribution in [0.4, 0.5) is 20.8 Å². The van der Waals surface area contributed by atoms with Crippen LogP contribution in [0, 0.1) is 12.7 Å². The lowest BCUT2D eigenvalue weighted by molar-refractivity contribution is 0.0206. The van der Waals surface area contributed by atoms with Gasteiger partial charge in [0.1, 0.15) is 5.60 Å². The van der Waals surface area contributed by atoms with Gasteiger partial charge in [-0.3, -0.25) is 0 Å². The number of hydrogen-bond acceptors (Lipinski definition) is 8. The molecule has 0 saturated carbocycles. The SMILES string of the molecule is Cc1cc(N)cc(F)c1Oc1ncccc1-c1ccnc(N[C@H]2CCCN(C(=O)OC(C)(C)C)C2)n1. The largest absolute Gasteiger partial charge is 0.444 e. The Hall–Kier alpha value is -3.95. The Balaban J connectivity index is 1.52. The minimum absolute atomic E-state index is 0.0299. The number of likely N-dealkylation sites (tertiary alicyclic amines) is 1. The van der Waals surface area contributed by atoms with E-state index < -0.39 is 11.4 Å². The smallest absolute Gasteiger partial charge is 0.410 e. The van der Waals surface area contributed by atoms with Crippen LogP contribution in [0.3, 0.4) is 0 Å². The van der Waals surface area contributed by atoms with Crippen molar-refractivity contribution in [2.24, 2.45) is 0 Å². The van der Waals surface area contributed by atoms with Gasteiger partial charge in [-0.2, -0.15) is 0 Å². The molecular formula is C26H31FN6O3. The highest BCUT2D eigenvalue weighted by Gasteiger charge is 2.28. The zero-order valence-corrected chi connectivity index (χ0v) is 20.9. The number of aryl methyl sites for hydroxylation is 1. The Labute approximate surface area is 209 Å². The molecule has 1 atom stereocenters. The van der Waals surface area contributed by atoms with E-state index in [1.807, 2.05) is 20.8 Å². The van der Waals surface area contributed by atoms with Crippen molar-refractivity contribution in [2.75, 3.05) is 24.1 Å². The van der Waals surface area contributed by atoms with Gasteiger partial charge in [-0.15, -0.1) is 0 Å². The molecule has 0 bridgehead atoms. The van der Waals surface area contributed by atoms with Gasteiger partial charge >= 0.3 is 6.09 Å². The number of nitrogen functional groups attached to an aromatic ring is 1. The van der Waals surface area contributed by atoms with Gasteiger partial charge in [0.2, 0.25) is 11.8 Å². The fourth-order valence-electron chi connectivity index (χ4n) is 4.00. The molecule has 4 rings (SSSR count). The number of carbonyl (C=O) groups is 1. The van der Waals surface area contributed by atoms with Crippen LogP contribution in [-0.4, -0.2) is 50.7 Å². The molecule has 1 amide bonds. The van der Waals surface area contributed by atoms with Crippen LogP contribution in [0.25, 0.3) is 11.3 Å². The van der Waals surface area contributed by atoms with Crippen molar-refractivity contribution in [1.82, 2.24) is 19.9 Å². The molecule has 0 aliphatic carbocycles. The average Bonchev–Trinajstić information content (AvgIpc) is 2.81. The molecule has 3 heterocycles. The number of piperidine rings is 1. The highest BCUT2D eigenvalue weighted by atomic mass is 19.1. The maximum atomic E-state index is 14.5. The van der Waals surface area contributed by atoms with E-state index >= 15 is 0 Å². The van der Waals surface area contributed by atoms with Crippen molar-refractivity contribution in [3.8, 4) is 22.9 Å². The summed E-state index contributed by atoms with van der Waals surface area (Å²) in [5, 5.41) is 3.33. The monoisotopic (exact) mass is 494 g/mol. The second-order valence-electron chi connectivity index (χ2n) is 9.78. The Morgan fingerprint density at radius 3 is 2.78 bits per heavy atom. The van der Waals surface area contributed by atoms with E-state index in [9.17, 15) is 9.18 Å². The number of nitrogens with zero attached hydrogens (tertiary/aromatic N) is 4. The first-order valence-corrected chi connectivity index (χ1v) is 11.9. The summed E-state index contributed by atoms with van der Waals surface area (Å²) in [4.78, 5) is 27.5. The van der Waals surface area contributed by atoms with Crippen molar-refractivity contribution in [3.63, 3.8) is 0 Å². The van der Waals surface area contributed by atoms with Gasteiger partial charge < -0.3 is 25.4 Å². The van der Waals surface area contributed by atoms with E-state index in [1.165, 1.54) is 6.07 Å². The number of ether oxygens (including phenoxy) is 2. The van der Waals surface area contributed by atoms with Gasteiger partial charge in [-0.05, 0) is 70.4 Å². The summed E-state index contributed by atoms with van der Waals surface area (Å²) in [5.74, 6) is 0.109. The van der Waals surface area contributed by atoms with E-state index in [1.54, 1.807) is 48.5 Å². The number of hydrogen-bond donors (Lipinski definition) is 2. The third-order valence-electron chi connectivity index (χ3n) is 5.56. The summed E-state index contributed by atoms with van der Waals surface area (Å²) in [6.45, 7) is 8.40. The minimum atomic E-state index is -0.569. The first-order chi connectivity index (χ1) is 17.1. The molecule has 1 aliphatic heterocycles. The van der Waals surface area contributed by atoms with Crippen molar-refractivity contribution in [1.29, 1.82) is 0 Å². The quantitative estimate of drug-likeness (QED) is 0.467. The summed E-state index contributed by atoms with van der Waals surface area (Å²) < 4.78 is 25.9. The Bertz CT molecular complexity index is 1220. The van der Waals surface area contributed by atoms with Crippen molar-refractivity contribution in [2.45, 2.75) is 52.2 Å². The standard InChI is InChI=1S/C26H31FN6O3/c1-16-13-17(28)14-20(27)22(16)35-23-19(8-5-10-29-23)21-9-11-30-24(32-21)31-18-7-6-12-33(15-18)25(34)36-26(2,3)4/h5,8-11,13-14,18H,6-7,12,15,28H2,1-4H3,(H,30,31,32)/t18-/m0/s1. The number of halogens is 1. The lowest BCUT2D eigenvalue weighted by Gasteiger charge is -2.34. The van der Waals surface area contributed by atoms with Crippen molar-refractivity contribution >= 4 is 17.7 Å². The van der Waals surface area contributed by atoms with E-state index in [2.05, 4.69) is 20.3 Å². The maximum Gasteiger partial charge on any atom is 0.410 e. The lowest BCUT2D eigenvalue weighted by Crippen LogP contribution is -2.47. The predicted molar refractivity (Wildman–Crippen MR) is 135 cm³/mol. The van der Waals surface area contributed by atoms with Crippen LogP contribution in [0.5, 0.6) is 11.6 Å². The Morgan fingerprint density at radius 2 is 2.03 bits per heavy atom. The first kappa shape index (κ1) is 25.2. The zero-order chi connectivity index (χ0) is 25.9. The summed E-state index contributed by atoms with van der Waals surface area (Å²) in [6.07, 6.45) is 4.57. The Kier molecular flexibility index (Phi) is 7.23. The predicted octanol–water partition coefficient (Wildman–Crippen LogP) is 5.17. The summed E-state index contributed by atoms with van der Waals surface area (Å²) in [7, 11) is 0. The molecule has 1 saturated heterocycles. The topological polar surface area (TPSA) is 115 Å². The van der Waals surface area contributed by atoms with Gasteiger partial charge in [-0.25, -0.2) is 24.1 Å². The molecule has 2 aromatic heterocycles. The normalized spacial score (nSPS) is 15.9. The van der Waals surface area contributed by atoms with Gasteiger partial charge in [0, 0.05) is 43.3 Å². The number of nitrogens with two attached hydrogens (primary N) is 1. The molecule has 0 unspecified atom stereocenters. The zero-order valence-electron chi connectivity index (χ0n) is 20.9. The second-order valence-corrected chi connectivity index (χ2v) is 9.78. The van der Waals surface area contributed by atoms with Crippen LogP contribution in [0.15, 0.2) is 42.7 Å². The Morgan fingerprint density at radius 1 is 1.22 bits per heavy atom. The van der Waals surface area contributed by atoms with Crippen LogP contribution >= 0.6 is 0 Å². The maximum absolute atomic E-state index is 14.5. The number of anilines is 2. The minimum Gasteiger partial charge on any atom is -0.444 e. The van der Waals surface area contributed by atoms with Crippen LogP contribution in [0.2, 0.25) is 0 Å². The molecule has 3 N–H and O–H groups in total. The van der Waals surface area contributed by atoms with E-state index in [0.29, 0.717) is 41.5 Å². The van der Waals surface area contributed by atoms with E-state index in [4.69, 9.17) is 15.2 Å². The van der Waals surface area contributed by atoms with Crippen molar-refractivity contribution in [3.05, 3.63) is 54.1 Å². The molecular weight excluding hydrogens is 463 g/mol. The molecule has 9 nitrogen and oxygen atoms in total. The molecule has 190 valence electrons. The van der Waals surface area contributed by atoms with Gasteiger partial charge in [0.25, 0.3) is 0 Å². The summed E-state index contributed by atoms with van der Waals surface area (Å²) >= 11 is 0. The number of carbonyl (C=O) groups excluding carboxylic acids is 1. The van der Waals surface area contributed by atoms with Gasteiger partial charge in [-0.1, -0.05) is 0 Å². The fraction of sp³-hybridized carbons (Fsp3) is 0.385. The number of amides is 1. The average molecular weight is 495 g/mol. The van der Waals surface area contributed by atoms with Crippen LogP contribution in [-0.2, 0) is 4.74 Å². The highest BCUT2D eigenvalue weighted by Crippen LogP contribution is 2.34. The van der Waals surface area contributed by atoms with E-state index in [-0.39, 0.29) is 23.8 Å². The molecule has 0 spiro atoms. The fourth-order valence-corrected chi connectivity index (χ4v) is 4.00. The number of nitrogens with one attached hydrogen (secondary N) is 1. The van der Waals surface area contributed by atoms with Crippen LogP contribution < -0.4 is 15.8 Å². The summed E-state index contributed by atoms with van der Waals surface area (Å²) in [5.41, 5.74) is 7.19. The number of rotatable bonds is 5. The van der Waals surface area contributed by atoms with Crippen LogP contribution in [0.1, 0.15) is 39.2 Å². The molecule has 1 aromatic carbocycles.